The van der Waals surface area contributed by atoms with Gasteiger partial charge in [-0.2, -0.15) is 0 Å². The summed E-state index contributed by atoms with van der Waals surface area (Å²) in [6.45, 7) is 2.41. The maximum atomic E-state index is 13.9. The van der Waals surface area contributed by atoms with Crippen LogP contribution < -0.4 is 5.32 Å². The molecule has 1 N–H and O–H groups in total. The Morgan fingerprint density at radius 3 is 2.62 bits per heavy atom. The zero-order valence-corrected chi connectivity index (χ0v) is 15.7. The number of fused-ring (bicyclic) bond motifs is 1. The molecule has 0 unspecified atom stereocenters. The molecule has 0 saturated carbocycles. The summed E-state index contributed by atoms with van der Waals surface area (Å²) in [7, 11) is 0. The van der Waals surface area contributed by atoms with E-state index in [0.717, 1.165) is 12.1 Å². The molecule has 2 amide bonds. The van der Waals surface area contributed by atoms with Crippen LogP contribution in [0.3, 0.4) is 0 Å². The number of hydrogen-bond acceptors (Lipinski definition) is 4. The molecule has 3 aromatic rings. The van der Waals surface area contributed by atoms with Crippen molar-refractivity contribution in [1.29, 1.82) is 0 Å². The number of likely N-dealkylation sites (tertiary alicyclic amines) is 1. The fourth-order valence-electron chi connectivity index (χ4n) is 3.54. The lowest BCUT2D eigenvalue weighted by molar-refractivity contribution is -0.121. The van der Waals surface area contributed by atoms with Gasteiger partial charge >= 0.3 is 0 Å². The molecule has 8 heteroatoms. The van der Waals surface area contributed by atoms with E-state index in [1.165, 1.54) is 4.90 Å². The average molecular weight is 399 g/mol. The Balaban J connectivity index is 1.37. The SMILES string of the molecule is Cc1nc2cc(NC(=O)C3CCN(C(=O)c4ccc(F)cc4F)CC3)ccc2o1. The summed E-state index contributed by atoms with van der Waals surface area (Å²) in [6.07, 6.45) is 0.928. The number of carbonyl (C=O) groups excluding carboxylic acids is 2. The summed E-state index contributed by atoms with van der Waals surface area (Å²) in [5, 5.41) is 2.88. The van der Waals surface area contributed by atoms with E-state index >= 15 is 0 Å². The molecule has 0 spiro atoms. The van der Waals surface area contributed by atoms with Gasteiger partial charge in [-0.1, -0.05) is 0 Å². The second kappa shape index (κ2) is 7.62. The Morgan fingerprint density at radius 2 is 1.90 bits per heavy atom. The van der Waals surface area contributed by atoms with Gasteiger partial charge in [0.15, 0.2) is 11.5 Å². The molecule has 0 aliphatic carbocycles. The van der Waals surface area contributed by atoms with Crippen LogP contribution in [0, 0.1) is 24.5 Å². The Labute approximate surface area is 165 Å². The fraction of sp³-hybridized carbons (Fsp3) is 0.286. The number of carbonyl (C=O) groups is 2. The van der Waals surface area contributed by atoms with Gasteiger partial charge in [0.1, 0.15) is 17.2 Å². The number of rotatable bonds is 3. The van der Waals surface area contributed by atoms with Crippen LogP contribution in [0.4, 0.5) is 14.5 Å². The molecular formula is C21H19F2N3O3. The number of hydrogen-bond donors (Lipinski definition) is 1. The highest BCUT2D eigenvalue weighted by molar-refractivity contribution is 5.96. The number of halogens is 2. The minimum absolute atomic E-state index is 0.135. The number of aryl methyl sites for hydroxylation is 1. The van der Waals surface area contributed by atoms with E-state index in [0.29, 0.717) is 54.7 Å². The Kier molecular flexibility index (Phi) is 5.00. The first-order chi connectivity index (χ1) is 13.9. The molecule has 1 saturated heterocycles. The number of anilines is 1. The second-order valence-corrected chi connectivity index (χ2v) is 7.10. The standard InChI is InChI=1S/C21H19F2N3O3/c1-12-24-18-11-15(3-5-19(18)29-12)25-20(27)13-6-8-26(9-7-13)21(28)16-4-2-14(22)10-17(16)23/h2-5,10-11,13H,6-9H2,1H3,(H,25,27). The third-order valence-electron chi connectivity index (χ3n) is 5.08. The maximum absolute atomic E-state index is 13.9. The van der Waals surface area contributed by atoms with Crippen molar-refractivity contribution < 1.29 is 22.8 Å². The first kappa shape index (κ1) is 19.0. The van der Waals surface area contributed by atoms with E-state index in [-0.39, 0.29) is 17.4 Å². The van der Waals surface area contributed by atoms with Crippen molar-refractivity contribution in [3.8, 4) is 0 Å². The maximum Gasteiger partial charge on any atom is 0.256 e. The van der Waals surface area contributed by atoms with Crippen molar-refractivity contribution >= 4 is 28.6 Å². The highest BCUT2D eigenvalue weighted by Gasteiger charge is 2.29. The molecule has 1 aliphatic heterocycles. The predicted octanol–water partition coefficient (Wildman–Crippen LogP) is 3.91. The molecule has 1 aromatic heterocycles. The summed E-state index contributed by atoms with van der Waals surface area (Å²) >= 11 is 0. The first-order valence-electron chi connectivity index (χ1n) is 9.33. The van der Waals surface area contributed by atoms with E-state index in [4.69, 9.17) is 4.42 Å². The van der Waals surface area contributed by atoms with Gasteiger partial charge in [-0.3, -0.25) is 9.59 Å². The van der Waals surface area contributed by atoms with Gasteiger partial charge in [0.25, 0.3) is 5.91 Å². The third-order valence-corrected chi connectivity index (χ3v) is 5.08. The highest BCUT2D eigenvalue weighted by atomic mass is 19.1. The van der Waals surface area contributed by atoms with Gasteiger partial charge in [-0.05, 0) is 43.2 Å². The quantitative estimate of drug-likeness (QED) is 0.725. The zero-order chi connectivity index (χ0) is 20.5. The van der Waals surface area contributed by atoms with Crippen molar-refractivity contribution in [3.05, 3.63) is 59.5 Å². The van der Waals surface area contributed by atoms with Crippen molar-refractivity contribution in [2.24, 2.45) is 5.92 Å². The van der Waals surface area contributed by atoms with E-state index in [9.17, 15) is 18.4 Å². The van der Waals surface area contributed by atoms with Crippen molar-refractivity contribution in [3.63, 3.8) is 0 Å². The van der Waals surface area contributed by atoms with Crippen LogP contribution in [-0.4, -0.2) is 34.8 Å². The number of oxazole rings is 1. The van der Waals surface area contributed by atoms with Crippen LogP contribution in [-0.2, 0) is 4.79 Å². The van der Waals surface area contributed by atoms with Crippen LogP contribution in [0.15, 0.2) is 40.8 Å². The smallest absolute Gasteiger partial charge is 0.256 e. The number of amides is 2. The lowest BCUT2D eigenvalue weighted by Gasteiger charge is -2.31. The van der Waals surface area contributed by atoms with Gasteiger partial charge < -0.3 is 14.6 Å². The third kappa shape index (κ3) is 3.96. The molecule has 2 heterocycles. The molecule has 0 radical (unpaired) electrons. The van der Waals surface area contributed by atoms with Crippen LogP contribution in [0.1, 0.15) is 29.1 Å². The summed E-state index contributed by atoms with van der Waals surface area (Å²) in [6, 6.07) is 8.15. The summed E-state index contributed by atoms with van der Waals surface area (Å²) < 4.78 is 32.3. The molecule has 0 atom stereocenters. The molecular weight excluding hydrogens is 380 g/mol. The van der Waals surface area contributed by atoms with E-state index < -0.39 is 17.5 Å². The molecule has 150 valence electrons. The van der Waals surface area contributed by atoms with Gasteiger partial charge in [0.2, 0.25) is 5.91 Å². The van der Waals surface area contributed by atoms with Gasteiger partial charge in [0, 0.05) is 37.7 Å². The van der Waals surface area contributed by atoms with Crippen LogP contribution in [0.2, 0.25) is 0 Å². The summed E-state index contributed by atoms with van der Waals surface area (Å²) in [5.41, 5.74) is 1.79. The molecule has 4 rings (SSSR count). The molecule has 1 aliphatic rings. The highest BCUT2D eigenvalue weighted by Crippen LogP contribution is 2.24. The summed E-state index contributed by atoms with van der Waals surface area (Å²) in [5.74, 6) is -1.94. The fourth-order valence-corrected chi connectivity index (χ4v) is 3.54. The predicted molar refractivity (Wildman–Crippen MR) is 102 cm³/mol. The monoisotopic (exact) mass is 399 g/mol. The number of aromatic nitrogens is 1. The molecule has 1 fully saturated rings. The average Bonchev–Trinajstić information content (AvgIpc) is 3.07. The lowest BCUT2D eigenvalue weighted by atomic mass is 9.95. The van der Waals surface area contributed by atoms with Gasteiger partial charge in [-0.25, -0.2) is 13.8 Å². The van der Waals surface area contributed by atoms with Crippen LogP contribution in [0.5, 0.6) is 0 Å². The molecule has 29 heavy (non-hydrogen) atoms. The van der Waals surface area contributed by atoms with Crippen molar-refractivity contribution in [2.45, 2.75) is 19.8 Å². The normalized spacial score (nSPS) is 14.9. The Morgan fingerprint density at radius 1 is 1.14 bits per heavy atom. The number of nitrogens with zero attached hydrogens (tertiary/aromatic N) is 2. The van der Waals surface area contributed by atoms with Crippen molar-refractivity contribution in [1.82, 2.24) is 9.88 Å². The topological polar surface area (TPSA) is 75.4 Å². The van der Waals surface area contributed by atoms with Gasteiger partial charge in [-0.15, -0.1) is 0 Å². The minimum atomic E-state index is -0.881. The van der Waals surface area contributed by atoms with E-state index in [2.05, 4.69) is 10.3 Å². The number of benzene rings is 2. The number of nitrogens with one attached hydrogen (secondary N) is 1. The van der Waals surface area contributed by atoms with Gasteiger partial charge in [0.05, 0.1) is 5.56 Å². The largest absolute Gasteiger partial charge is 0.441 e. The lowest BCUT2D eigenvalue weighted by Crippen LogP contribution is -2.41. The Hall–Kier alpha value is -3.29. The van der Waals surface area contributed by atoms with Crippen molar-refractivity contribution in [2.75, 3.05) is 18.4 Å². The zero-order valence-electron chi connectivity index (χ0n) is 15.7. The van der Waals surface area contributed by atoms with Crippen LogP contribution >= 0.6 is 0 Å². The van der Waals surface area contributed by atoms with E-state index in [1.807, 2.05) is 0 Å². The Bertz CT molecular complexity index is 1090. The molecule has 0 bridgehead atoms. The first-order valence-corrected chi connectivity index (χ1v) is 9.33. The minimum Gasteiger partial charge on any atom is -0.441 e. The van der Waals surface area contributed by atoms with Crippen LogP contribution in [0.25, 0.3) is 11.1 Å². The number of piperidine rings is 1. The second-order valence-electron chi connectivity index (χ2n) is 7.10. The molecule has 6 nitrogen and oxygen atoms in total. The summed E-state index contributed by atoms with van der Waals surface area (Å²) in [4.78, 5) is 30.8. The molecule has 2 aromatic carbocycles. The van der Waals surface area contributed by atoms with E-state index in [1.54, 1.807) is 25.1 Å².